The van der Waals surface area contributed by atoms with E-state index in [1.165, 1.54) is 0 Å². The summed E-state index contributed by atoms with van der Waals surface area (Å²) in [6, 6.07) is 5.40. The van der Waals surface area contributed by atoms with Gasteiger partial charge in [-0.15, -0.1) is 11.3 Å². The van der Waals surface area contributed by atoms with Crippen LogP contribution >= 0.6 is 11.3 Å². The molecule has 1 unspecified atom stereocenters. The summed E-state index contributed by atoms with van der Waals surface area (Å²) in [5.41, 5.74) is 4.52. The highest BCUT2D eigenvalue weighted by atomic mass is 32.1. The zero-order chi connectivity index (χ0) is 14.7. The van der Waals surface area contributed by atoms with Crippen molar-refractivity contribution in [3.8, 4) is 0 Å². The Labute approximate surface area is 126 Å². The molecule has 7 heteroatoms. The molecule has 0 saturated carbocycles. The van der Waals surface area contributed by atoms with Gasteiger partial charge in [-0.2, -0.15) is 0 Å². The molecule has 2 amide bonds. The Kier molecular flexibility index (Phi) is 4.01. The molecule has 1 aliphatic heterocycles. The molecule has 0 spiro atoms. The van der Waals surface area contributed by atoms with Crippen molar-refractivity contribution in [3.63, 3.8) is 0 Å². The monoisotopic (exact) mass is 304 g/mol. The third kappa shape index (κ3) is 3.30. The molecule has 0 bridgehead atoms. The molecule has 1 aromatic heterocycles. The minimum Gasteiger partial charge on any atom is -0.390 e. The molecule has 2 aromatic rings. The van der Waals surface area contributed by atoms with Crippen molar-refractivity contribution in [1.82, 2.24) is 10.3 Å². The van der Waals surface area contributed by atoms with E-state index in [9.17, 15) is 4.79 Å². The highest BCUT2D eigenvalue weighted by Crippen LogP contribution is 2.21. The van der Waals surface area contributed by atoms with E-state index in [4.69, 9.17) is 4.84 Å². The Morgan fingerprint density at radius 2 is 2.43 bits per heavy atom. The maximum absolute atomic E-state index is 11.9. The second-order valence-electron chi connectivity index (χ2n) is 4.81. The van der Waals surface area contributed by atoms with Crippen LogP contribution in [-0.2, 0) is 4.84 Å². The number of nitrogens with one attached hydrogen (secondary N) is 2. The lowest BCUT2D eigenvalue weighted by Crippen LogP contribution is -2.35. The molecule has 0 aliphatic carbocycles. The number of anilines is 1. The second kappa shape index (κ2) is 6.09. The molecular formula is C14H16N4O2S. The molecule has 3 rings (SSSR count). The standard InChI is InChI=1S/C14H16N4O2S/c1-2-9-5-11(20-18-9)7-15-14(19)17-10-3-4-12-13(6-10)21-8-16-12/h3-4,6,8,11H,2,5,7H2,1H3,(H2,15,17,19). The van der Waals surface area contributed by atoms with Gasteiger partial charge < -0.3 is 15.5 Å². The van der Waals surface area contributed by atoms with Crippen LogP contribution in [0.2, 0.25) is 0 Å². The first-order valence-electron chi connectivity index (χ1n) is 6.84. The molecule has 21 heavy (non-hydrogen) atoms. The number of hydrogen-bond donors (Lipinski definition) is 2. The number of hydrogen-bond acceptors (Lipinski definition) is 5. The van der Waals surface area contributed by atoms with E-state index in [1.807, 2.05) is 25.1 Å². The lowest BCUT2D eigenvalue weighted by molar-refractivity contribution is 0.0870. The number of amides is 2. The maximum atomic E-state index is 11.9. The summed E-state index contributed by atoms with van der Waals surface area (Å²) in [7, 11) is 0. The molecule has 0 fully saturated rings. The number of rotatable bonds is 4. The lowest BCUT2D eigenvalue weighted by Gasteiger charge is -2.11. The highest BCUT2D eigenvalue weighted by Gasteiger charge is 2.20. The van der Waals surface area contributed by atoms with Gasteiger partial charge in [0.15, 0.2) is 0 Å². The van der Waals surface area contributed by atoms with Gasteiger partial charge in [-0.1, -0.05) is 12.1 Å². The number of thiazole rings is 1. The average Bonchev–Trinajstić information content (AvgIpc) is 3.13. The third-order valence-corrected chi connectivity index (χ3v) is 4.07. The summed E-state index contributed by atoms with van der Waals surface area (Å²) in [4.78, 5) is 21.3. The lowest BCUT2D eigenvalue weighted by atomic mass is 10.1. The summed E-state index contributed by atoms with van der Waals surface area (Å²) < 4.78 is 1.05. The van der Waals surface area contributed by atoms with Gasteiger partial charge >= 0.3 is 6.03 Å². The van der Waals surface area contributed by atoms with Crippen molar-refractivity contribution in [2.75, 3.05) is 11.9 Å². The van der Waals surface area contributed by atoms with E-state index in [0.717, 1.165) is 34.5 Å². The SMILES string of the molecule is CCC1=NOC(CNC(=O)Nc2ccc3ncsc3c2)C1. The van der Waals surface area contributed by atoms with Crippen LogP contribution in [0.4, 0.5) is 10.5 Å². The molecule has 6 nitrogen and oxygen atoms in total. The van der Waals surface area contributed by atoms with E-state index >= 15 is 0 Å². The molecule has 0 radical (unpaired) electrons. The van der Waals surface area contributed by atoms with Gasteiger partial charge in [0.1, 0.15) is 6.10 Å². The topological polar surface area (TPSA) is 75.6 Å². The number of fused-ring (bicyclic) bond motifs is 1. The first-order valence-corrected chi connectivity index (χ1v) is 7.72. The number of benzene rings is 1. The van der Waals surface area contributed by atoms with E-state index in [1.54, 1.807) is 16.8 Å². The van der Waals surface area contributed by atoms with Crippen LogP contribution in [-0.4, -0.2) is 29.4 Å². The van der Waals surface area contributed by atoms with Crippen LogP contribution in [0.15, 0.2) is 28.9 Å². The number of carbonyl (C=O) groups is 1. The van der Waals surface area contributed by atoms with Crippen LogP contribution < -0.4 is 10.6 Å². The van der Waals surface area contributed by atoms with Gasteiger partial charge in [0.05, 0.1) is 28.0 Å². The second-order valence-corrected chi connectivity index (χ2v) is 5.70. The first kappa shape index (κ1) is 13.8. The number of carbonyl (C=O) groups excluding carboxylic acids is 1. The Morgan fingerprint density at radius 3 is 3.24 bits per heavy atom. The van der Waals surface area contributed by atoms with Crippen molar-refractivity contribution in [1.29, 1.82) is 0 Å². The van der Waals surface area contributed by atoms with E-state index < -0.39 is 0 Å². The van der Waals surface area contributed by atoms with Crippen LogP contribution in [0.3, 0.4) is 0 Å². The fourth-order valence-corrected chi connectivity index (χ4v) is 2.84. The molecular weight excluding hydrogens is 288 g/mol. The number of aromatic nitrogens is 1. The minimum absolute atomic E-state index is 0.0605. The molecule has 2 heterocycles. The normalized spacial score (nSPS) is 17.4. The number of nitrogens with zero attached hydrogens (tertiary/aromatic N) is 2. The van der Waals surface area contributed by atoms with Gasteiger partial charge in [0.25, 0.3) is 0 Å². The van der Waals surface area contributed by atoms with Crippen molar-refractivity contribution in [2.45, 2.75) is 25.9 Å². The first-order chi connectivity index (χ1) is 10.2. The van der Waals surface area contributed by atoms with Gasteiger partial charge in [-0.3, -0.25) is 0 Å². The maximum Gasteiger partial charge on any atom is 0.319 e. The Bertz CT molecular complexity index is 682. The van der Waals surface area contributed by atoms with Crippen molar-refractivity contribution in [3.05, 3.63) is 23.7 Å². The predicted octanol–water partition coefficient (Wildman–Crippen LogP) is 2.97. The molecule has 0 saturated heterocycles. The Morgan fingerprint density at radius 1 is 1.52 bits per heavy atom. The van der Waals surface area contributed by atoms with Gasteiger partial charge in [-0.25, -0.2) is 9.78 Å². The van der Waals surface area contributed by atoms with E-state index in [2.05, 4.69) is 20.8 Å². The summed E-state index contributed by atoms with van der Waals surface area (Å²) in [5, 5.41) is 9.57. The van der Waals surface area contributed by atoms with E-state index in [0.29, 0.717) is 6.54 Å². The van der Waals surface area contributed by atoms with Crippen molar-refractivity contribution < 1.29 is 9.63 Å². The van der Waals surface area contributed by atoms with E-state index in [-0.39, 0.29) is 12.1 Å². The Hall–Kier alpha value is -2.15. The fraction of sp³-hybridized carbons (Fsp3) is 0.357. The van der Waals surface area contributed by atoms with Crippen LogP contribution in [0.1, 0.15) is 19.8 Å². The quantitative estimate of drug-likeness (QED) is 0.911. The van der Waals surface area contributed by atoms with Gasteiger partial charge in [-0.05, 0) is 24.6 Å². The van der Waals surface area contributed by atoms with Crippen molar-refractivity contribution >= 4 is 39.0 Å². The van der Waals surface area contributed by atoms with Gasteiger partial charge in [0, 0.05) is 12.1 Å². The summed E-state index contributed by atoms with van der Waals surface area (Å²) in [6.07, 6.45) is 1.61. The van der Waals surface area contributed by atoms with Crippen LogP contribution in [0.25, 0.3) is 10.2 Å². The average molecular weight is 304 g/mol. The Balaban J connectivity index is 1.50. The smallest absolute Gasteiger partial charge is 0.319 e. The third-order valence-electron chi connectivity index (χ3n) is 3.28. The summed E-state index contributed by atoms with van der Waals surface area (Å²) in [5.74, 6) is 0. The van der Waals surface area contributed by atoms with Crippen molar-refractivity contribution in [2.24, 2.45) is 5.16 Å². The zero-order valence-electron chi connectivity index (χ0n) is 11.6. The molecule has 1 atom stereocenters. The number of urea groups is 1. The number of oxime groups is 1. The molecule has 2 N–H and O–H groups in total. The molecule has 1 aliphatic rings. The molecule has 110 valence electrons. The predicted molar refractivity (Wildman–Crippen MR) is 83.9 cm³/mol. The fourth-order valence-electron chi connectivity index (χ4n) is 2.12. The van der Waals surface area contributed by atoms with Crippen LogP contribution in [0.5, 0.6) is 0 Å². The molecule has 1 aromatic carbocycles. The summed E-state index contributed by atoms with van der Waals surface area (Å²) >= 11 is 1.55. The largest absolute Gasteiger partial charge is 0.390 e. The summed E-state index contributed by atoms with van der Waals surface area (Å²) in [6.45, 7) is 2.49. The van der Waals surface area contributed by atoms with Gasteiger partial charge in [0.2, 0.25) is 0 Å². The highest BCUT2D eigenvalue weighted by molar-refractivity contribution is 7.16. The zero-order valence-corrected chi connectivity index (χ0v) is 12.4. The van der Waals surface area contributed by atoms with Crippen LogP contribution in [0, 0.1) is 0 Å². The minimum atomic E-state index is -0.243.